The summed E-state index contributed by atoms with van der Waals surface area (Å²) >= 11 is 0. The summed E-state index contributed by atoms with van der Waals surface area (Å²) in [5.74, 6) is -1.24. The van der Waals surface area contributed by atoms with E-state index in [1.165, 1.54) is 36.4 Å². The molecule has 0 aromatic heterocycles. The zero-order valence-electron chi connectivity index (χ0n) is 15.0. The van der Waals surface area contributed by atoms with Crippen molar-refractivity contribution in [2.75, 3.05) is 13.1 Å². The molecule has 148 valence electrons. The van der Waals surface area contributed by atoms with Gasteiger partial charge in [0.25, 0.3) is 0 Å². The van der Waals surface area contributed by atoms with Crippen LogP contribution in [0.2, 0.25) is 0 Å². The summed E-state index contributed by atoms with van der Waals surface area (Å²) < 4.78 is 53.7. The molecular weight excluding hydrogens is 386 g/mol. The molecule has 0 spiro atoms. The number of carbonyl (C=O) groups is 1. The quantitative estimate of drug-likeness (QED) is 0.777. The van der Waals surface area contributed by atoms with Gasteiger partial charge in [-0.25, -0.2) is 21.9 Å². The Morgan fingerprint density at radius 1 is 1.11 bits per heavy atom. The maximum atomic E-state index is 13.3. The van der Waals surface area contributed by atoms with Gasteiger partial charge in [0.2, 0.25) is 15.9 Å². The van der Waals surface area contributed by atoms with Crippen LogP contribution in [0.25, 0.3) is 6.08 Å². The Bertz CT molecular complexity index is 975. The van der Waals surface area contributed by atoms with Crippen LogP contribution in [0, 0.1) is 11.6 Å². The minimum Gasteiger partial charge on any atom is -0.338 e. The molecule has 1 unspecified atom stereocenters. The fraction of sp³-hybridized carbons (Fsp3) is 0.250. The number of hydrogen-bond donors (Lipinski definition) is 1. The van der Waals surface area contributed by atoms with E-state index < -0.39 is 21.9 Å². The average molecular weight is 406 g/mol. The van der Waals surface area contributed by atoms with Crippen LogP contribution in [0.3, 0.4) is 0 Å². The summed E-state index contributed by atoms with van der Waals surface area (Å²) in [7, 11) is -3.87. The number of benzene rings is 2. The van der Waals surface area contributed by atoms with Crippen molar-refractivity contribution < 1.29 is 22.0 Å². The van der Waals surface area contributed by atoms with E-state index in [-0.39, 0.29) is 23.2 Å². The normalized spacial score (nSPS) is 17.8. The van der Waals surface area contributed by atoms with Gasteiger partial charge in [0.15, 0.2) is 0 Å². The number of nitrogens with one attached hydrogen (secondary N) is 1. The van der Waals surface area contributed by atoms with Crippen LogP contribution < -0.4 is 4.72 Å². The van der Waals surface area contributed by atoms with Crippen LogP contribution >= 0.6 is 0 Å². The molecule has 2 aromatic rings. The van der Waals surface area contributed by atoms with E-state index >= 15 is 0 Å². The number of halogens is 2. The zero-order chi connectivity index (χ0) is 20.1. The van der Waals surface area contributed by atoms with Crippen molar-refractivity contribution >= 4 is 22.0 Å². The number of piperidine rings is 1. The molecule has 0 saturated carbocycles. The third-order valence-electron chi connectivity index (χ3n) is 4.45. The van der Waals surface area contributed by atoms with Crippen LogP contribution in [-0.2, 0) is 14.8 Å². The zero-order valence-corrected chi connectivity index (χ0v) is 15.8. The lowest BCUT2D eigenvalue weighted by Gasteiger charge is -2.32. The molecule has 1 saturated heterocycles. The first kappa shape index (κ1) is 20.2. The Kier molecular flexibility index (Phi) is 6.21. The molecule has 0 radical (unpaired) electrons. The molecule has 1 aliphatic rings. The van der Waals surface area contributed by atoms with Gasteiger partial charge in [-0.15, -0.1) is 0 Å². The van der Waals surface area contributed by atoms with Crippen molar-refractivity contribution in [1.29, 1.82) is 0 Å². The van der Waals surface area contributed by atoms with Crippen LogP contribution in [-0.4, -0.2) is 38.4 Å². The summed E-state index contributed by atoms with van der Waals surface area (Å²) in [5, 5.41) is 0. The number of sulfonamides is 1. The number of nitrogens with zero attached hydrogens (tertiary/aromatic N) is 1. The third-order valence-corrected chi connectivity index (χ3v) is 5.97. The Balaban J connectivity index is 1.63. The SMILES string of the molecule is O=C(C=Cc1ccc(F)cc1)N1CCCC(NS(=O)(=O)c2cccc(F)c2)C1. The van der Waals surface area contributed by atoms with Crippen molar-refractivity contribution in [3.63, 3.8) is 0 Å². The Morgan fingerprint density at radius 3 is 2.57 bits per heavy atom. The van der Waals surface area contributed by atoms with Gasteiger partial charge in [0, 0.05) is 25.2 Å². The maximum absolute atomic E-state index is 13.3. The smallest absolute Gasteiger partial charge is 0.246 e. The van der Waals surface area contributed by atoms with Gasteiger partial charge in [-0.1, -0.05) is 18.2 Å². The summed E-state index contributed by atoms with van der Waals surface area (Å²) in [6, 6.07) is 10.1. The summed E-state index contributed by atoms with van der Waals surface area (Å²) in [6.45, 7) is 0.742. The third kappa shape index (κ3) is 5.24. The van der Waals surface area contributed by atoms with E-state index in [0.717, 1.165) is 6.07 Å². The van der Waals surface area contributed by atoms with Crippen molar-refractivity contribution in [3.8, 4) is 0 Å². The molecule has 1 atom stereocenters. The van der Waals surface area contributed by atoms with E-state index in [9.17, 15) is 22.0 Å². The predicted molar refractivity (Wildman–Crippen MR) is 102 cm³/mol. The van der Waals surface area contributed by atoms with E-state index in [0.29, 0.717) is 24.9 Å². The minimum absolute atomic E-state index is 0.146. The highest BCUT2D eigenvalue weighted by Gasteiger charge is 2.27. The fourth-order valence-electron chi connectivity index (χ4n) is 3.04. The molecule has 8 heteroatoms. The van der Waals surface area contributed by atoms with Crippen LogP contribution in [0.1, 0.15) is 18.4 Å². The number of likely N-dealkylation sites (tertiary alicyclic amines) is 1. The minimum atomic E-state index is -3.87. The van der Waals surface area contributed by atoms with E-state index in [2.05, 4.69) is 4.72 Å². The number of rotatable bonds is 5. The molecule has 1 aliphatic heterocycles. The van der Waals surface area contributed by atoms with Crippen LogP contribution in [0.5, 0.6) is 0 Å². The Hall–Kier alpha value is -2.58. The molecule has 5 nitrogen and oxygen atoms in total. The Morgan fingerprint density at radius 2 is 1.86 bits per heavy atom. The first-order valence-corrected chi connectivity index (χ1v) is 10.3. The van der Waals surface area contributed by atoms with Gasteiger partial charge in [-0.2, -0.15) is 0 Å². The molecule has 1 fully saturated rings. The topological polar surface area (TPSA) is 66.5 Å². The number of amides is 1. The monoisotopic (exact) mass is 406 g/mol. The van der Waals surface area contributed by atoms with E-state index in [4.69, 9.17) is 0 Å². The molecule has 0 aliphatic carbocycles. The Labute approximate surface area is 162 Å². The molecule has 0 bridgehead atoms. The lowest BCUT2D eigenvalue weighted by atomic mass is 10.1. The summed E-state index contributed by atoms with van der Waals surface area (Å²) in [4.78, 5) is 13.8. The molecule has 1 amide bonds. The van der Waals surface area contributed by atoms with Crippen LogP contribution in [0.15, 0.2) is 59.5 Å². The highest BCUT2D eigenvalue weighted by Crippen LogP contribution is 2.16. The second-order valence-electron chi connectivity index (χ2n) is 6.59. The maximum Gasteiger partial charge on any atom is 0.246 e. The lowest BCUT2D eigenvalue weighted by Crippen LogP contribution is -2.49. The summed E-state index contributed by atoms with van der Waals surface area (Å²) in [6.07, 6.45) is 4.20. The van der Waals surface area contributed by atoms with E-state index in [1.54, 1.807) is 23.1 Å². The number of carbonyl (C=O) groups excluding carboxylic acids is 1. The molecular formula is C20H20F2N2O3S. The largest absolute Gasteiger partial charge is 0.338 e. The van der Waals surface area contributed by atoms with Gasteiger partial charge < -0.3 is 4.90 Å². The van der Waals surface area contributed by atoms with Crippen molar-refractivity contribution in [3.05, 3.63) is 71.8 Å². The van der Waals surface area contributed by atoms with Gasteiger partial charge in [-0.3, -0.25) is 4.79 Å². The molecule has 3 rings (SSSR count). The van der Waals surface area contributed by atoms with Crippen molar-refractivity contribution in [2.45, 2.75) is 23.8 Å². The predicted octanol–water partition coefficient (Wildman–Crippen LogP) is 2.95. The molecule has 1 heterocycles. The van der Waals surface area contributed by atoms with Gasteiger partial charge in [0.1, 0.15) is 11.6 Å². The second-order valence-corrected chi connectivity index (χ2v) is 8.30. The highest BCUT2D eigenvalue weighted by atomic mass is 32.2. The molecule has 1 N–H and O–H groups in total. The first-order valence-electron chi connectivity index (χ1n) is 8.84. The van der Waals surface area contributed by atoms with Crippen molar-refractivity contribution in [1.82, 2.24) is 9.62 Å². The van der Waals surface area contributed by atoms with Crippen LogP contribution in [0.4, 0.5) is 8.78 Å². The summed E-state index contributed by atoms with van der Waals surface area (Å²) in [5.41, 5.74) is 0.690. The second kappa shape index (κ2) is 8.62. The first-order chi connectivity index (χ1) is 13.3. The van der Waals surface area contributed by atoms with Gasteiger partial charge in [0.05, 0.1) is 4.90 Å². The van der Waals surface area contributed by atoms with Gasteiger partial charge in [-0.05, 0) is 54.8 Å². The fourth-order valence-corrected chi connectivity index (χ4v) is 4.33. The standard InChI is InChI=1S/C20H20F2N2O3S/c21-16-9-6-15(7-10-16)8-11-20(25)24-12-2-4-18(14-24)23-28(26,27)19-5-1-3-17(22)13-19/h1,3,5-11,13,18,23H,2,4,12,14H2. The average Bonchev–Trinajstić information content (AvgIpc) is 2.67. The van der Waals surface area contributed by atoms with E-state index in [1.807, 2.05) is 0 Å². The lowest BCUT2D eigenvalue weighted by molar-refractivity contribution is -0.127. The number of hydrogen-bond acceptors (Lipinski definition) is 3. The van der Waals surface area contributed by atoms with Gasteiger partial charge >= 0.3 is 0 Å². The molecule has 28 heavy (non-hydrogen) atoms. The highest BCUT2D eigenvalue weighted by molar-refractivity contribution is 7.89. The van der Waals surface area contributed by atoms with Crippen molar-refractivity contribution in [2.24, 2.45) is 0 Å². The molecule has 2 aromatic carbocycles.